The molecule has 0 radical (unpaired) electrons. The van der Waals surface area contributed by atoms with Crippen molar-refractivity contribution in [1.82, 2.24) is 5.32 Å². The second-order valence-electron chi connectivity index (χ2n) is 8.18. The summed E-state index contributed by atoms with van der Waals surface area (Å²) in [5, 5.41) is 3.50. The van der Waals surface area contributed by atoms with Crippen molar-refractivity contribution in [3.8, 4) is 11.5 Å². The number of nitrogens with zero attached hydrogens (tertiary/aromatic N) is 1. The van der Waals surface area contributed by atoms with Gasteiger partial charge < -0.3 is 9.47 Å². The van der Waals surface area contributed by atoms with E-state index in [4.69, 9.17) is 44.9 Å². The van der Waals surface area contributed by atoms with Gasteiger partial charge in [-0.1, -0.05) is 41.4 Å². The van der Waals surface area contributed by atoms with Crippen LogP contribution in [0.1, 0.15) is 22.3 Å². The van der Waals surface area contributed by atoms with Gasteiger partial charge in [-0.25, -0.2) is 0 Å². The predicted octanol–water partition coefficient (Wildman–Crippen LogP) is 6.03. The summed E-state index contributed by atoms with van der Waals surface area (Å²) in [7, 11) is 1.48. The lowest BCUT2D eigenvalue weighted by Crippen LogP contribution is -2.54. The lowest BCUT2D eigenvalue weighted by molar-refractivity contribution is -0.122. The minimum Gasteiger partial charge on any atom is -0.493 e. The van der Waals surface area contributed by atoms with Crippen LogP contribution in [0.3, 0.4) is 0 Å². The zero-order valence-corrected chi connectivity index (χ0v) is 22.1. The Morgan fingerprint density at radius 1 is 1.00 bits per heavy atom. The van der Waals surface area contributed by atoms with Crippen LogP contribution in [0.25, 0.3) is 6.08 Å². The van der Waals surface area contributed by atoms with Gasteiger partial charge in [0.05, 0.1) is 17.8 Å². The first kappa shape index (κ1) is 25.7. The molecule has 0 aromatic heterocycles. The largest absolute Gasteiger partial charge is 0.493 e. The van der Waals surface area contributed by atoms with Crippen molar-refractivity contribution in [2.75, 3.05) is 12.0 Å². The smallest absolute Gasteiger partial charge is 0.270 e. The molecule has 1 aliphatic rings. The summed E-state index contributed by atoms with van der Waals surface area (Å²) in [4.78, 5) is 27.3. The Kier molecular flexibility index (Phi) is 7.64. The van der Waals surface area contributed by atoms with Crippen LogP contribution in [0.2, 0.25) is 10.0 Å². The number of nitrogens with one attached hydrogen (secondary N) is 1. The van der Waals surface area contributed by atoms with Crippen molar-refractivity contribution in [2.24, 2.45) is 0 Å². The Bertz CT molecular complexity index is 1400. The summed E-state index contributed by atoms with van der Waals surface area (Å²) >= 11 is 17.7. The Morgan fingerprint density at radius 2 is 1.72 bits per heavy atom. The van der Waals surface area contributed by atoms with E-state index in [0.29, 0.717) is 27.8 Å². The minimum atomic E-state index is -0.594. The molecular formula is C27H22Cl2N2O4S. The third-order valence-electron chi connectivity index (χ3n) is 5.71. The molecule has 36 heavy (non-hydrogen) atoms. The maximum absolute atomic E-state index is 13.3. The Labute approximate surface area is 224 Å². The van der Waals surface area contributed by atoms with Crippen LogP contribution in [-0.2, 0) is 16.2 Å². The molecule has 0 aliphatic carbocycles. The molecule has 0 atom stereocenters. The van der Waals surface area contributed by atoms with Gasteiger partial charge in [0.15, 0.2) is 16.6 Å². The van der Waals surface area contributed by atoms with Crippen molar-refractivity contribution in [3.63, 3.8) is 0 Å². The topological polar surface area (TPSA) is 67.9 Å². The van der Waals surface area contributed by atoms with Crippen LogP contribution in [0.5, 0.6) is 11.5 Å². The number of rotatable bonds is 6. The molecule has 0 unspecified atom stereocenters. The molecule has 1 N–H and O–H groups in total. The number of carbonyl (C=O) groups excluding carboxylic acids is 2. The molecule has 4 rings (SSSR count). The molecule has 184 valence electrons. The molecular weight excluding hydrogens is 519 g/mol. The Morgan fingerprint density at radius 3 is 2.39 bits per heavy atom. The summed E-state index contributed by atoms with van der Waals surface area (Å²) in [6.07, 6.45) is 1.45. The molecule has 6 nitrogen and oxygen atoms in total. The third-order valence-corrected chi connectivity index (χ3v) is 6.53. The van der Waals surface area contributed by atoms with Gasteiger partial charge in [-0.3, -0.25) is 19.8 Å². The molecule has 9 heteroatoms. The summed E-state index contributed by atoms with van der Waals surface area (Å²) in [5.74, 6) is -0.435. The predicted molar refractivity (Wildman–Crippen MR) is 146 cm³/mol. The molecule has 1 fully saturated rings. The quantitative estimate of drug-likeness (QED) is 0.235. The van der Waals surface area contributed by atoms with Crippen molar-refractivity contribution in [3.05, 3.63) is 92.5 Å². The average Bonchev–Trinajstić information content (AvgIpc) is 2.84. The highest BCUT2D eigenvalue weighted by atomic mass is 35.5. The van der Waals surface area contributed by atoms with E-state index in [1.165, 1.54) is 18.1 Å². The Balaban J connectivity index is 1.64. The van der Waals surface area contributed by atoms with Gasteiger partial charge in [0, 0.05) is 5.02 Å². The molecule has 0 saturated carbocycles. The fourth-order valence-electron chi connectivity index (χ4n) is 3.62. The average molecular weight is 541 g/mol. The number of hydrogen-bond donors (Lipinski definition) is 1. The van der Waals surface area contributed by atoms with E-state index >= 15 is 0 Å². The maximum atomic E-state index is 13.3. The zero-order chi connectivity index (χ0) is 26.0. The molecule has 0 spiro atoms. The molecule has 1 aliphatic heterocycles. The van der Waals surface area contributed by atoms with Crippen LogP contribution in [0, 0.1) is 13.8 Å². The second-order valence-corrected chi connectivity index (χ2v) is 9.41. The molecule has 0 bridgehead atoms. The molecule has 3 aromatic carbocycles. The van der Waals surface area contributed by atoms with E-state index in [1.54, 1.807) is 30.3 Å². The van der Waals surface area contributed by atoms with Crippen molar-refractivity contribution < 1.29 is 19.1 Å². The summed E-state index contributed by atoms with van der Waals surface area (Å²) in [5.41, 5.74) is 3.94. The number of hydrogen-bond acceptors (Lipinski definition) is 5. The van der Waals surface area contributed by atoms with E-state index < -0.39 is 11.8 Å². The van der Waals surface area contributed by atoms with Crippen molar-refractivity contribution in [1.29, 1.82) is 0 Å². The second kappa shape index (κ2) is 10.7. The number of benzene rings is 3. The normalized spacial score (nSPS) is 14.8. The fraction of sp³-hybridized carbons (Fsp3) is 0.148. The minimum absolute atomic E-state index is 0.0203. The van der Waals surface area contributed by atoms with Crippen LogP contribution < -0.4 is 19.7 Å². The van der Waals surface area contributed by atoms with Gasteiger partial charge in [-0.05, 0) is 90.8 Å². The lowest BCUT2D eigenvalue weighted by atomic mass is 10.0. The van der Waals surface area contributed by atoms with Crippen LogP contribution in [-0.4, -0.2) is 24.0 Å². The number of thiocarbonyl (C=S) groups is 1. The number of amides is 2. The van der Waals surface area contributed by atoms with Crippen LogP contribution >= 0.6 is 35.4 Å². The fourth-order valence-corrected chi connectivity index (χ4v) is 4.30. The number of aryl methyl sites for hydroxylation is 2. The van der Waals surface area contributed by atoms with Crippen molar-refractivity contribution >= 4 is 64.1 Å². The van der Waals surface area contributed by atoms with E-state index in [1.807, 2.05) is 38.1 Å². The highest BCUT2D eigenvalue weighted by Gasteiger charge is 2.34. The van der Waals surface area contributed by atoms with Gasteiger partial charge in [-0.15, -0.1) is 0 Å². The molecule has 1 heterocycles. The first-order valence-corrected chi connectivity index (χ1v) is 12.1. The number of halogens is 2. The van der Waals surface area contributed by atoms with Gasteiger partial charge in [0.1, 0.15) is 12.2 Å². The highest BCUT2D eigenvalue weighted by molar-refractivity contribution is 7.80. The Hall–Kier alpha value is -3.39. The van der Waals surface area contributed by atoms with Crippen LogP contribution in [0.4, 0.5) is 5.69 Å². The third kappa shape index (κ3) is 5.38. The highest BCUT2D eigenvalue weighted by Crippen LogP contribution is 2.38. The standard InChI is InChI=1S/C27H22Cl2N2O4S/c1-15-4-9-20(10-16(15)2)31-26(33)21(25(32)30-27(31)36)11-18-12-22(29)24(23(13-18)34-3)35-14-17-5-7-19(28)8-6-17/h4-13H,14H2,1-3H3,(H,30,32,36)/b21-11+. The SMILES string of the molecule is COc1cc(/C=C2\C(=O)NC(=S)N(c3ccc(C)c(C)c3)C2=O)cc(Cl)c1OCc1ccc(Cl)cc1. The molecule has 3 aromatic rings. The van der Waals surface area contributed by atoms with Crippen molar-refractivity contribution in [2.45, 2.75) is 20.5 Å². The number of anilines is 1. The summed E-state index contributed by atoms with van der Waals surface area (Å²) in [6.45, 7) is 4.16. The zero-order valence-electron chi connectivity index (χ0n) is 19.7. The van der Waals surface area contributed by atoms with Gasteiger partial charge in [0.25, 0.3) is 11.8 Å². The van der Waals surface area contributed by atoms with E-state index in [9.17, 15) is 9.59 Å². The lowest BCUT2D eigenvalue weighted by Gasteiger charge is -2.29. The van der Waals surface area contributed by atoms with Gasteiger partial charge in [0.2, 0.25) is 0 Å². The maximum Gasteiger partial charge on any atom is 0.270 e. The number of methoxy groups -OCH3 is 1. The van der Waals surface area contributed by atoms with Crippen LogP contribution in [0.15, 0.2) is 60.2 Å². The number of ether oxygens (including phenoxy) is 2. The van der Waals surface area contributed by atoms with Gasteiger partial charge in [-0.2, -0.15) is 0 Å². The molecule has 2 amide bonds. The monoisotopic (exact) mass is 540 g/mol. The first-order chi connectivity index (χ1) is 17.2. The molecule has 1 saturated heterocycles. The van der Waals surface area contributed by atoms with Gasteiger partial charge >= 0.3 is 0 Å². The van der Waals surface area contributed by atoms with E-state index in [0.717, 1.165) is 16.7 Å². The van der Waals surface area contributed by atoms with E-state index in [2.05, 4.69) is 5.32 Å². The number of carbonyl (C=O) groups is 2. The summed E-state index contributed by atoms with van der Waals surface area (Å²) in [6, 6.07) is 16.0. The first-order valence-electron chi connectivity index (χ1n) is 10.9. The summed E-state index contributed by atoms with van der Waals surface area (Å²) < 4.78 is 11.4. The van der Waals surface area contributed by atoms with E-state index in [-0.39, 0.29) is 22.3 Å².